The predicted octanol–water partition coefficient (Wildman–Crippen LogP) is 7.99. The van der Waals surface area contributed by atoms with E-state index in [0.29, 0.717) is 6.61 Å². The van der Waals surface area contributed by atoms with Crippen LogP contribution in [0.5, 0.6) is 5.75 Å². The highest BCUT2D eigenvalue weighted by Crippen LogP contribution is 2.45. The van der Waals surface area contributed by atoms with Crippen molar-refractivity contribution in [1.29, 1.82) is 0 Å². The second-order valence-electron chi connectivity index (χ2n) is 12.7. The van der Waals surface area contributed by atoms with Gasteiger partial charge in [-0.2, -0.15) is 0 Å². The van der Waals surface area contributed by atoms with Crippen LogP contribution >= 0.6 is 0 Å². The molecule has 2 aromatic carbocycles. The Kier molecular flexibility index (Phi) is 9.43. The monoisotopic (exact) mass is 558 g/mol. The molecule has 1 aliphatic heterocycles. The fourth-order valence-electron chi connectivity index (χ4n) is 5.42. The molecule has 3 aromatic rings. The van der Waals surface area contributed by atoms with Gasteiger partial charge in [0.15, 0.2) is 6.10 Å². The molecule has 0 spiro atoms. The Morgan fingerprint density at radius 3 is 2.20 bits per heavy atom. The van der Waals surface area contributed by atoms with Crippen molar-refractivity contribution in [2.45, 2.75) is 86.5 Å². The lowest BCUT2D eigenvalue weighted by Gasteiger charge is -2.41. The van der Waals surface area contributed by atoms with E-state index in [1.165, 1.54) is 0 Å². The topological polar surface area (TPSA) is 60.9 Å². The Bertz CT molecular complexity index is 1320. The molecule has 4 rings (SSSR count). The fourth-order valence-corrected chi connectivity index (χ4v) is 5.42. The van der Waals surface area contributed by atoms with E-state index in [1.807, 2.05) is 71.9 Å². The minimum Gasteiger partial charge on any atom is -0.489 e. The largest absolute Gasteiger partial charge is 0.489 e. The van der Waals surface area contributed by atoms with Gasteiger partial charge in [-0.1, -0.05) is 56.3 Å². The summed E-state index contributed by atoms with van der Waals surface area (Å²) in [5, 5.41) is 0. The van der Waals surface area contributed by atoms with Gasteiger partial charge < -0.3 is 19.1 Å². The molecule has 1 unspecified atom stereocenters. The molecule has 1 fully saturated rings. The molecule has 6 nitrogen and oxygen atoms in total. The van der Waals surface area contributed by atoms with Gasteiger partial charge in [0.1, 0.15) is 12.4 Å². The summed E-state index contributed by atoms with van der Waals surface area (Å²) < 4.78 is 18.1. The average Bonchev–Trinajstić information content (AvgIpc) is 2.91. The van der Waals surface area contributed by atoms with Gasteiger partial charge in [0.25, 0.3) is 0 Å². The van der Waals surface area contributed by atoms with Crippen molar-refractivity contribution >= 4 is 11.7 Å². The zero-order valence-corrected chi connectivity index (χ0v) is 26.0. The van der Waals surface area contributed by atoms with Crippen LogP contribution < -0.4 is 9.64 Å². The number of aryl methyl sites for hydroxylation is 2. The van der Waals surface area contributed by atoms with Gasteiger partial charge in [-0.25, -0.2) is 4.79 Å². The lowest BCUT2D eigenvalue weighted by molar-refractivity contribution is -0.166. The van der Waals surface area contributed by atoms with Gasteiger partial charge in [0.05, 0.1) is 17.9 Å². The number of piperidine rings is 1. The first-order valence-electron chi connectivity index (χ1n) is 14.8. The van der Waals surface area contributed by atoms with Crippen molar-refractivity contribution in [2.24, 2.45) is 5.41 Å². The van der Waals surface area contributed by atoms with Crippen LogP contribution in [-0.2, 0) is 20.9 Å². The second kappa shape index (κ2) is 12.6. The van der Waals surface area contributed by atoms with Crippen molar-refractivity contribution < 1.29 is 19.0 Å². The Hall–Kier alpha value is -3.38. The van der Waals surface area contributed by atoms with Crippen LogP contribution in [0.25, 0.3) is 11.1 Å². The van der Waals surface area contributed by atoms with Gasteiger partial charge in [-0.15, -0.1) is 0 Å². The quantitative estimate of drug-likeness (QED) is 0.248. The summed E-state index contributed by atoms with van der Waals surface area (Å²) in [5.41, 5.74) is 6.40. The maximum Gasteiger partial charge on any atom is 0.340 e. The van der Waals surface area contributed by atoms with E-state index < -0.39 is 11.7 Å². The molecule has 1 saturated heterocycles. The Morgan fingerprint density at radius 1 is 0.976 bits per heavy atom. The molecule has 41 heavy (non-hydrogen) atoms. The lowest BCUT2D eigenvalue weighted by atomic mass is 9.82. The number of nitrogens with zero attached hydrogens (tertiary/aromatic N) is 2. The number of hydrogen-bond acceptors (Lipinski definition) is 6. The number of carbonyl (C=O) groups is 1. The number of carbonyl (C=O) groups excluding carboxylic acids is 1. The van der Waals surface area contributed by atoms with Crippen molar-refractivity contribution in [3.05, 3.63) is 77.1 Å². The number of hydrogen-bond donors (Lipinski definition) is 0. The van der Waals surface area contributed by atoms with Crippen LogP contribution in [0.15, 0.2) is 54.6 Å². The fraction of sp³-hybridized carbons (Fsp3) is 0.486. The van der Waals surface area contributed by atoms with Crippen LogP contribution in [-0.4, -0.2) is 36.3 Å². The number of aromatic nitrogens is 1. The molecule has 0 aliphatic carbocycles. The van der Waals surface area contributed by atoms with E-state index >= 15 is 0 Å². The summed E-state index contributed by atoms with van der Waals surface area (Å²) in [4.78, 5) is 20.9. The van der Waals surface area contributed by atoms with Crippen LogP contribution in [0.4, 0.5) is 5.69 Å². The molecule has 220 valence electrons. The van der Waals surface area contributed by atoms with Gasteiger partial charge in [0.2, 0.25) is 0 Å². The number of benzene rings is 2. The summed E-state index contributed by atoms with van der Waals surface area (Å²) in [6, 6.07) is 18.3. The number of anilines is 1. The zero-order valence-electron chi connectivity index (χ0n) is 26.0. The third kappa shape index (κ3) is 7.68. The molecule has 2 heterocycles. The summed E-state index contributed by atoms with van der Waals surface area (Å²) >= 11 is 0. The molecule has 1 aliphatic rings. The molecule has 0 bridgehead atoms. The average molecular weight is 559 g/mol. The van der Waals surface area contributed by atoms with Crippen LogP contribution in [0.3, 0.4) is 0 Å². The summed E-state index contributed by atoms with van der Waals surface area (Å²) in [5.74, 6) is 0.419. The van der Waals surface area contributed by atoms with Crippen molar-refractivity contribution in [1.82, 2.24) is 4.98 Å². The molecule has 1 aromatic heterocycles. The van der Waals surface area contributed by atoms with Crippen molar-refractivity contribution in [2.75, 3.05) is 24.6 Å². The van der Waals surface area contributed by atoms with E-state index in [9.17, 15) is 4.79 Å². The third-order valence-corrected chi connectivity index (χ3v) is 7.64. The number of esters is 1. The SMILES string of the molecule is CCOC(=O)C(OC(C)(C)C)c1c(C)nc(C)c(-c2ccc(OCc3ccccc3)cc2)c1N1CCC(C)(C)CC1. The normalized spacial score (nSPS) is 15.9. The van der Waals surface area contributed by atoms with Gasteiger partial charge in [-0.3, -0.25) is 4.98 Å². The first-order chi connectivity index (χ1) is 19.4. The molecule has 0 N–H and O–H groups in total. The second-order valence-corrected chi connectivity index (χ2v) is 12.7. The summed E-state index contributed by atoms with van der Waals surface area (Å²) in [7, 11) is 0. The smallest absolute Gasteiger partial charge is 0.340 e. The van der Waals surface area contributed by atoms with Gasteiger partial charge in [-0.05, 0) is 83.1 Å². The molecule has 0 saturated carbocycles. The number of pyridine rings is 1. The number of ether oxygens (including phenoxy) is 3. The lowest BCUT2D eigenvalue weighted by Crippen LogP contribution is -2.39. The van der Waals surface area contributed by atoms with Gasteiger partial charge >= 0.3 is 5.97 Å². The molecular formula is C35H46N2O4. The molecule has 6 heteroatoms. The summed E-state index contributed by atoms with van der Waals surface area (Å²) in [6.07, 6.45) is 1.23. The molecule has 1 atom stereocenters. The van der Waals surface area contributed by atoms with E-state index in [4.69, 9.17) is 19.2 Å². The van der Waals surface area contributed by atoms with Crippen LogP contribution in [0, 0.1) is 19.3 Å². The minimum atomic E-state index is -0.889. The Morgan fingerprint density at radius 2 is 1.61 bits per heavy atom. The van der Waals surface area contributed by atoms with Gasteiger partial charge in [0, 0.05) is 35.6 Å². The minimum absolute atomic E-state index is 0.272. The van der Waals surface area contributed by atoms with E-state index in [-0.39, 0.29) is 18.0 Å². The standard InChI is InChI=1S/C35H46N2O4/c1-9-39-33(38)32(41-34(4,5)6)30-25(3)36-24(2)29(31(30)37-21-19-35(7,8)20-22-37)27-15-17-28(18-16-27)40-23-26-13-11-10-12-14-26/h10-18,32H,9,19-23H2,1-8H3. The molecule has 0 amide bonds. The van der Waals surface area contributed by atoms with Crippen molar-refractivity contribution in [3.63, 3.8) is 0 Å². The van der Waals surface area contributed by atoms with E-state index in [1.54, 1.807) is 0 Å². The highest BCUT2D eigenvalue weighted by molar-refractivity contribution is 5.88. The summed E-state index contributed by atoms with van der Waals surface area (Å²) in [6.45, 7) is 19.0. The first-order valence-corrected chi connectivity index (χ1v) is 14.8. The van der Waals surface area contributed by atoms with Crippen molar-refractivity contribution in [3.8, 4) is 16.9 Å². The predicted molar refractivity (Wildman–Crippen MR) is 165 cm³/mol. The first kappa shape index (κ1) is 30.6. The highest BCUT2D eigenvalue weighted by Gasteiger charge is 2.37. The zero-order chi connectivity index (χ0) is 29.8. The maximum absolute atomic E-state index is 13.5. The third-order valence-electron chi connectivity index (χ3n) is 7.64. The van der Waals surface area contributed by atoms with E-state index in [0.717, 1.165) is 71.0 Å². The highest BCUT2D eigenvalue weighted by atomic mass is 16.6. The van der Waals surface area contributed by atoms with Crippen LogP contribution in [0.1, 0.15) is 83.0 Å². The molecule has 0 radical (unpaired) electrons. The maximum atomic E-state index is 13.5. The number of rotatable bonds is 9. The Balaban J connectivity index is 1.82. The Labute approximate surface area is 246 Å². The van der Waals surface area contributed by atoms with Crippen LogP contribution in [0.2, 0.25) is 0 Å². The van der Waals surface area contributed by atoms with E-state index in [2.05, 4.69) is 43.0 Å². The molecular weight excluding hydrogens is 512 g/mol.